The molecule has 0 aliphatic carbocycles. The van der Waals surface area contributed by atoms with Crippen molar-refractivity contribution >= 4 is 41.8 Å². The summed E-state index contributed by atoms with van der Waals surface area (Å²) >= 11 is 0. The first-order valence-electron chi connectivity index (χ1n) is 8.99. The van der Waals surface area contributed by atoms with Gasteiger partial charge < -0.3 is 9.11 Å². The van der Waals surface area contributed by atoms with E-state index in [1.165, 1.54) is 32.7 Å². The molecule has 0 N–H and O–H groups in total. The fourth-order valence-electron chi connectivity index (χ4n) is 3.01. The molecule has 0 radical (unpaired) electrons. The maximum atomic E-state index is 9.08. The number of hydrogen-bond acceptors (Lipinski definition) is 6. The van der Waals surface area contributed by atoms with Gasteiger partial charge in [-0.05, 0) is 12.8 Å². The molecule has 0 unspecified atom stereocenters. The number of rotatable bonds is 3. The van der Waals surface area contributed by atoms with Crippen molar-refractivity contribution in [2.75, 3.05) is 12.5 Å². The van der Waals surface area contributed by atoms with Crippen molar-refractivity contribution in [3.8, 4) is 0 Å². The van der Waals surface area contributed by atoms with Crippen LogP contribution >= 0.6 is 0 Å². The minimum absolute atomic E-state index is 0. The Balaban J connectivity index is 0.000000372. The number of benzene rings is 2. The number of aryl methyl sites for hydroxylation is 2. The molecular formula is C22H22O6S2Zr. The van der Waals surface area contributed by atoms with Crippen LogP contribution in [0.15, 0.2) is 72.8 Å². The SMILES string of the molecule is CS(=O)(=O)[O-].CS(=O)(=O)[O-].[Zr+4].c1ccc2[cH-]c(CCc3cc4ccccc4[cH-]3)cc2c1. The van der Waals surface area contributed by atoms with Crippen LogP contribution in [0.3, 0.4) is 0 Å². The molecule has 0 amide bonds. The van der Waals surface area contributed by atoms with Crippen molar-refractivity contribution in [3.63, 3.8) is 0 Å². The van der Waals surface area contributed by atoms with E-state index in [9.17, 15) is 0 Å². The van der Waals surface area contributed by atoms with Gasteiger partial charge >= 0.3 is 26.2 Å². The zero-order valence-electron chi connectivity index (χ0n) is 17.1. The Labute approximate surface area is 202 Å². The second-order valence-corrected chi connectivity index (χ2v) is 9.71. The summed E-state index contributed by atoms with van der Waals surface area (Å²) in [5, 5.41) is 5.43. The molecule has 0 aromatic heterocycles. The van der Waals surface area contributed by atoms with Gasteiger partial charge in [-0.1, -0.05) is 12.1 Å². The van der Waals surface area contributed by atoms with Gasteiger partial charge in [-0.2, -0.15) is 12.1 Å². The zero-order chi connectivity index (χ0) is 22.4. The van der Waals surface area contributed by atoms with Crippen molar-refractivity contribution in [2.24, 2.45) is 0 Å². The third-order valence-electron chi connectivity index (χ3n) is 4.06. The van der Waals surface area contributed by atoms with Crippen LogP contribution in [0.4, 0.5) is 0 Å². The van der Waals surface area contributed by atoms with Gasteiger partial charge in [0.05, 0.1) is 20.2 Å². The second-order valence-electron chi connectivity index (χ2n) is 6.89. The minimum Gasteiger partial charge on any atom is -0.748 e. The summed E-state index contributed by atoms with van der Waals surface area (Å²) in [6.07, 6.45) is 3.44. The molecule has 0 saturated carbocycles. The molecule has 162 valence electrons. The van der Waals surface area contributed by atoms with E-state index in [2.05, 4.69) is 72.8 Å². The van der Waals surface area contributed by atoms with Gasteiger partial charge in [0.2, 0.25) is 0 Å². The molecule has 0 saturated heterocycles. The van der Waals surface area contributed by atoms with Gasteiger partial charge in [-0.15, -0.1) is 81.2 Å². The normalized spacial score (nSPS) is 11.1. The van der Waals surface area contributed by atoms with Gasteiger partial charge in [-0.25, -0.2) is 16.8 Å². The van der Waals surface area contributed by atoms with Crippen LogP contribution in [0.2, 0.25) is 0 Å². The maximum Gasteiger partial charge on any atom is 4.00 e. The Morgan fingerprint density at radius 2 is 0.968 bits per heavy atom. The fraction of sp³-hybridized carbons (Fsp3) is 0.182. The molecule has 9 heteroatoms. The summed E-state index contributed by atoms with van der Waals surface area (Å²) in [6.45, 7) is 0. The van der Waals surface area contributed by atoms with E-state index in [4.69, 9.17) is 25.9 Å². The summed E-state index contributed by atoms with van der Waals surface area (Å²) < 4.78 is 54.5. The van der Waals surface area contributed by atoms with Gasteiger partial charge in [0.1, 0.15) is 0 Å². The van der Waals surface area contributed by atoms with Crippen molar-refractivity contribution in [3.05, 3.63) is 83.9 Å². The molecule has 0 spiro atoms. The van der Waals surface area contributed by atoms with Crippen LogP contribution in [0.1, 0.15) is 11.1 Å². The Morgan fingerprint density at radius 3 is 1.26 bits per heavy atom. The van der Waals surface area contributed by atoms with E-state index in [0.717, 1.165) is 12.8 Å². The molecule has 4 aromatic carbocycles. The summed E-state index contributed by atoms with van der Waals surface area (Å²) in [5.74, 6) is 0. The maximum absolute atomic E-state index is 9.08. The molecule has 31 heavy (non-hydrogen) atoms. The third-order valence-corrected chi connectivity index (χ3v) is 4.06. The first-order chi connectivity index (χ1) is 13.9. The third kappa shape index (κ3) is 11.5. The molecule has 0 atom stereocenters. The van der Waals surface area contributed by atoms with Crippen molar-refractivity contribution in [2.45, 2.75) is 12.8 Å². The van der Waals surface area contributed by atoms with Crippen LogP contribution in [0.5, 0.6) is 0 Å². The predicted molar refractivity (Wildman–Crippen MR) is 118 cm³/mol. The fourth-order valence-corrected chi connectivity index (χ4v) is 3.01. The quantitative estimate of drug-likeness (QED) is 0.292. The van der Waals surface area contributed by atoms with Crippen molar-refractivity contribution < 1.29 is 52.1 Å². The van der Waals surface area contributed by atoms with E-state index in [1.54, 1.807) is 0 Å². The van der Waals surface area contributed by atoms with Crippen LogP contribution < -0.4 is 0 Å². The van der Waals surface area contributed by atoms with Gasteiger partial charge in [0.25, 0.3) is 0 Å². The molecule has 0 aliphatic rings. The molecule has 4 aromatic rings. The van der Waals surface area contributed by atoms with E-state index in [1.807, 2.05) is 0 Å². The Morgan fingerprint density at radius 1 is 0.677 bits per heavy atom. The minimum atomic E-state index is -3.92. The van der Waals surface area contributed by atoms with E-state index in [-0.39, 0.29) is 26.2 Å². The molecular weight excluding hydrogens is 516 g/mol. The molecule has 0 aliphatic heterocycles. The summed E-state index contributed by atoms with van der Waals surface area (Å²) in [7, 11) is -7.83. The topological polar surface area (TPSA) is 114 Å². The van der Waals surface area contributed by atoms with Gasteiger partial charge in [-0.3, -0.25) is 0 Å². The van der Waals surface area contributed by atoms with E-state index in [0.29, 0.717) is 12.5 Å². The Hall–Kier alpha value is -1.64. The van der Waals surface area contributed by atoms with Crippen LogP contribution in [-0.2, 0) is 59.3 Å². The zero-order valence-corrected chi connectivity index (χ0v) is 21.2. The molecule has 0 bridgehead atoms. The summed E-state index contributed by atoms with van der Waals surface area (Å²) in [4.78, 5) is 0. The summed E-state index contributed by atoms with van der Waals surface area (Å²) in [5.41, 5.74) is 2.88. The molecule has 0 heterocycles. The smallest absolute Gasteiger partial charge is 0.748 e. The number of fused-ring (bicyclic) bond motifs is 2. The average molecular weight is 538 g/mol. The Kier molecular flexibility index (Phi) is 10.5. The van der Waals surface area contributed by atoms with Gasteiger partial charge in [0.15, 0.2) is 0 Å². The van der Waals surface area contributed by atoms with Gasteiger partial charge in [0, 0.05) is 12.5 Å². The van der Waals surface area contributed by atoms with Crippen LogP contribution in [0, 0.1) is 0 Å². The summed E-state index contributed by atoms with van der Waals surface area (Å²) in [6, 6.07) is 26.5. The standard InChI is InChI=1S/C20H16.2CH4O3S.Zr/c1-2-6-18-12-15(11-17(18)5-1)9-10-16-13-19-7-3-4-8-20(19)14-16;2*1-5(2,3)4;/h1-8,11-14H,9-10H2;2*1H3,(H,2,3,4);/q-2;;;+4/p-2. The Bertz CT molecular complexity index is 1130. The second kappa shape index (κ2) is 11.8. The average Bonchev–Trinajstić information content (AvgIpc) is 3.20. The van der Waals surface area contributed by atoms with Crippen LogP contribution in [-0.4, -0.2) is 38.5 Å². The molecule has 4 rings (SSSR count). The van der Waals surface area contributed by atoms with Crippen molar-refractivity contribution in [1.29, 1.82) is 0 Å². The monoisotopic (exact) mass is 536 g/mol. The largest absolute Gasteiger partial charge is 4.00 e. The first-order valence-corrected chi connectivity index (χ1v) is 12.6. The predicted octanol–water partition coefficient (Wildman–Crippen LogP) is 3.54. The first kappa shape index (κ1) is 27.4. The number of hydrogen-bond donors (Lipinski definition) is 0. The van der Waals surface area contributed by atoms with E-state index >= 15 is 0 Å². The molecule has 0 fully saturated rings. The van der Waals surface area contributed by atoms with Crippen molar-refractivity contribution in [1.82, 2.24) is 0 Å². The molecule has 6 nitrogen and oxygen atoms in total. The van der Waals surface area contributed by atoms with Crippen LogP contribution in [0.25, 0.3) is 21.5 Å². The van der Waals surface area contributed by atoms with E-state index < -0.39 is 20.2 Å².